The summed E-state index contributed by atoms with van der Waals surface area (Å²) in [5.74, 6) is -3.00. The molecule has 38 heavy (non-hydrogen) atoms. The molecule has 3 aromatic rings. The molecule has 1 aliphatic heterocycles. The fourth-order valence-corrected chi connectivity index (χ4v) is 4.19. The van der Waals surface area contributed by atoms with E-state index in [4.69, 9.17) is 4.74 Å². The minimum Gasteiger partial charge on any atom is -0.482 e. The first-order valence-corrected chi connectivity index (χ1v) is 12.5. The Bertz CT molecular complexity index is 1360. The lowest BCUT2D eigenvalue weighted by atomic mass is 10.1. The third-order valence-corrected chi connectivity index (χ3v) is 6.34. The van der Waals surface area contributed by atoms with Gasteiger partial charge in [0.1, 0.15) is 23.8 Å². The summed E-state index contributed by atoms with van der Waals surface area (Å²) in [5.41, 5.74) is 2.92. The highest BCUT2D eigenvalue weighted by Crippen LogP contribution is 2.20. The van der Waals surface area contributed by atoms with Crippen molar-refractivity contribution in [3.05, 3.63) is 99.0 Å². The molecule has 0 unspecified atom stereocenters. The first-order valence-electron chi connectivity index (χ1n) is 12.5. The van der Waals surface area contributed by atoms with E-state index < -0.39 is 28.9 Å². The van der Waals surface area contributed by atoms with Crippen molar-refractivity contribution in [2.75, 3.05) is 25.6 Å². The van der Waals surface area contributed by atoms with Crippen molar-refractivity contribution in [1.29, 1.82) is 0 Å². The van der Waals surface area contributed by atoms with E-state index in [9.17, 15) is 23.2 Å². The van der Waals surface area contributed by atoms with Crippen LogP contribution in [-0.4, -0.2) is 41.5 Å². The number of hydrogen-bond donors (Lipinski definition) is 2. The van der Waals surface area contributed by atoms with Crippen LogP contribution in [0.3, 0.4) is 0 Å². The van der Waals surface area contributed by atoms with Gasteiger partial charge in [-0.15, -0.1) is 0 Å². The van der Waals surface area contributed by atoms with Crippen LogP contribution in [0.15, 0.2) is 59.5 Å². The molecule has 0 spiro atoms. The Kier molecular flexibility index (Phi) is 8.73. The number of ether oxygens (including phenoxy) is 1. The van der Waals surface area contributed by atoms with E-state index >= 15 is 0 Å². The zero-order valence-electron chi connectivity index (χ0n) is 21.1. The predicted molar refractivity (Wildman–Crippen MR) is 139 cm³/mol. The second kappa shape index (κ2) is 12.4. The zero-order chi connectivity index (χ0) is 27.1. The highest BCUT2D eigenvalue weighted by Gasteiger charge is 2.28. The summed E-state index contributed by atoms with van der Waals surface area (Å²) in [6.07, 6.45) is 4.84. The maximum absolute atomic E-state index is 14.1. The summed E-state index contributed by atoms with van der Waals surface area (Å²) in [7, 11) is 1.66. The smallest absolute Gasteiger partial charge is 0.276 e. The minimum atomic E-state index is -0.814. The van der Waals surface area contributed by atoms with E-state index in [1.54, 1.807) is 7.05 Å². The molecule has 10 heteroatoms. The molecule has 2 amide bonds. The number of nitrogens with one attached hydrogen (secondary N) is 2. The van der Waals surface area contributed by atoms with Gasteiger partial charge in [0, 0.05) is 44.5 Å². The first kappa shape index (κ1) is 26.8. The SMILES string of the molecule is CN1CCCCCCNn2cc(C(=O)NCc3ccc(F)cc3F)c(=O)c(OCc3ccccc3)c2C1=O. The number of benzene rings is 2. The Balaban J connectivity index is 1.73. The molecule has 2 N–H and O–H groups in total. The summed E-state index contributed by atoms with van der Waals surface area (Å²) in [6, 6.07) is 12.2. The minimum absolute atomic E-state index is 0.00328. The molecular formula is C28H30F2N4O4. The third kappa shape index (κ3) is 6.37. The van der Waals surface area contributed by atoms with E-state index in [2.05, 4.69) is 10.7 Å². The number of carbonyl (C=O) groups is 2. The van der Waals surface area contributed by atoms with Crippen molar-refractivity contribution >= 4 is 11.8 Å². The van der Waals surface area contributed by atoms with Crippen molar-refractivity contribution in [1.82, 2.24) is 14.9 Å². The van der Waals surface area contributed by atoms with Gasteiger partial charge in [-0.25, -0.2) is 8.78 Å². The van der Waals surface area contributed by atoms with Gasteiger partial charge in [0.05, 0.1) is 0 Å². The number of halogens is 2. The summed E-state index contributed by atoms with van der Waals surface area (Å²) >= 11 is 0. The first-order chi connectivity index (χ1) is 18.3. The molecule has 0 aliphatic carbocycles. The fourth-order valence-electron chi connectivity index (χ4n) is 4.19. The summed E-state index contributed by atoms with van der Waals surface area (Å²) < 4.78 is 34.6. The van der Waals surface area contributed by atoms with Crippen molar-refractivity contribution in [2.45, 2.75) is 38.8 Å². The molecule has 0 radical (unpaired) electrons. The maximum Gasteiger partial charge on any atom is 0.276 e. The van der Waals surface area contributed by atoms with Gasteiger partial charge in [-0.1, -0.05) is 49.2 Å². The molecule has 2 aromatic carbocycles. The molecule has 0 bridgehead atoms. The topological polar surface area (TPSA) is 92.7 Å². The highest BCUT2D eigenvalue weighted by atomic mass is 19.1. The lowest BCUT2D eigenvalue weighted by Crippen LogP contribution is -2.37. The Morgan fingerprint density at radius 3 is 2.58 bits per heavy atom. The molecule has 2 heterocycles. The number of amides is 2. The average molecular weight is 525 g/mol. The molecule has 0 atom stereocenters. The molecule has 200 valence electrons. The number of nitrogens with zero attached hydrogens (tertiary/aromatic N) is 2. The maximum atomic E-state index is 14.1. The highest BCUT2D eigenvalue weighted by molar-refractivity contribution is 5.98. The average Bonchev–Trinajstić information content (AvgIpc) is 2.94. The van der Waals surface area contributed by atoms with Crippen LogP contribution in [0.2, 0.25) is 0 Å². The zero-order valence-corrected chi connectivity index (χ0v) is 21.1. The lowest BCUT2D eigenvalue weighted by Gasteiger charge is -2.23. The van der Waals surface area contributed by atoms with E-state index in [0.717, 1.165) is 43.4 Å². The van der Waals surface area contributed by atoms with Gasteiger partial charge < -0.3 is 20.4 Å². The summed E-state index contributed by atoms with van der Waals surface area (Å²) in [5, 5.41) is 2.51. The number of fused-ring (bicyclic) bond motifs is 1. The monoisotopic (exact) mass is 524 g/mol. The van der Waals surface area contributed by atoms with Gasteiger partial charge in [-0.2, -0.15) is 0 Å². The standard InChI is InChI=1S/C28H30F2N4O4/c1-33-14-8-3-2-7-13-32-34-17-22(27(36)31-16-20-11-12-21(29)15-23(20)30)25(35)26(24(34)28(33)37)38-18-19-9-5-4-6-10-19/h4-6,9-12,15,17,32H,2-3,7-8,13-14,16,18H2,1H3,(H,31,36). The van der Waals surface area contributed by atoms with Gasteiger partial charge in [0.15, 0.2) is 11.4 Å². The quantitative estimate of drug-likeness (QED) is 0.512. The van der Waals surface area contributed by atoms with Crippen LogP contribution >= 0.6 is 0 Å². The van der Waals surface area contributed by atoms with Crippen LogP contribution in [0, 0.1) is 11.6 Å². The van der Waals surface area contributed by atoms with Gasteiger partial charge in [-0.3, -0.25) is 19.1 Å². The van der Waals surface area contributed by atoms with Crippen LogP contribution in [0.5, 0.6) is 5.75 Å². The normalized spacial score (nSPS) is 14.2. The largest absolute Gasteiger partial charge is 0.482 e. The third-order valence-electron chi connectivity index (χ3n) is 6.34. The van der Waals surface area contributed by atoms with Crippen LogP contribution in [0.4, 0.5) is 8.78 Å². The Morgan fingerprint density at radius 2 is 1.82 bits per heavy atom. The number of pyridine rings is 1. The van der Waals surface area contributed by atoms with Gasteiger partial charge >= 0.3 is 0 Å². The van der Waals surface area contributed by atoms with Crippen LogP contribution < -0.4 is 20.9 Å². The van der Waals surface area contributed by atoms with E-state index in [0.29, 0.717) is 13.1 Å². The summed E-state index contributed by atoms with van der Waals surface area (Å²) in [6.45, 7) is 0.761. The van der Waals surface area contributed by atoms with Crippen molar-refractivity contribution < 1.29 is 23.1 Å². The molecule has 0 fully saturated rings. The van der Waals surface area contributed by atoms with E-state index in [1.807, 2.05) is 30.3 Å². The number of aromatic nitrogens is 1. The number of rotatable bonds is 6. The van der Waals surface area contributed by atoms with Gasteiger partial charge in [-0.05, 0) is 24.5 Å². The molecule has 0 saturated carbocycles. The molecule has 4 rings (SSSR count). The number of hydrogen-bond acceptors (Lipinski definition) is 5. The van der Waals surface area contributed by atoms with Crippen molar-refractivity contribution in [3.8, 4) is 5.75 Å². The molecule has 8 nitrogen and oxygen atoms in total. The van der Waals surface area contributed by atoms with Crippen LogP contribution in [0.25, 0.3) is 0 Å². The summed E-state index contributed by atoms with van der Waals surface area (Å²) in [4.78, 5) is 41.7. The molecule has 1 aliphatic rings. The van der Waals surface area contributed by atoms with Gasteiger partial charge in [0.25, 0.3) is 11.8 Å². The Labute approximate surface area is 219 Å². The molecule has 0 saturated heterocycles. The van der Waals surface area contributed by atoms with Crippen LogP contribution in [-0.2, 0) is 13.2 Å². The predicted octanol–water partition coefficient (Wildman–Crippen LogP) is 3.83. The lowest BCUT2D eigenvalue weighted by molar-refractivity contribution is 0.0775. The Hall–Kier alpha value is -4.21. The van der Waals surface area contributed by atoms with Crippen molar-refractivity contribution in [3.63, 3.8) is 0 Å². The van der Waals surface area contributed by atoms with E-state index in [-0.39, 0.29) is 35.7 Å². The second-order valence-electron chi connectivity index (χ2n) is 9.16. The van der Waals surface area contributed by atoms with Crippen molar-refractivity contribution in [2.24, 2.45) is 0 Å². The molecule has 1 aromatic heterocycles. The molecular weight excluding hydrogens is 494 g/mol. The fraction of sp³-hybridized carbons (Fsp3) is 0.321. The van der Waals surface area contributed by atoms with Gasteiger partial charge in [0.2, 0.25) is 5.43 Å². The van der Waals surface area contributed by atoms with Crippen LogP contribution in [0.1, 0.15) is 57.7 Å². The van der Waals surface area contributed by atoms with E-state index in [1.165, 1.54) is 21.8 Å². The second-order valence-corrected chi connectivity index (χ2v) is 9.16. The number of carbonyl (C=O) groups excluding carboxylic acids is 2. The Morgan fingerprint density at radius 1 is 1.05 bits per heavy atom.